The summed E-state index contributed by atoms with van der Waals surface area (Å²) in [4.78, 5) is 0. The zero-order valence-corrected chi connectivity index (χ0v) is 13.6. The lowest BCUT2D eigenvalue weighted by atomic mass is 9.89. The zero-order chi connectivity index (χ0) is 14.8. The Morgan fingerprint density at radius 3 is 2.62 bits per heavy atom. The number of benzene rings is 1. The summed E-state index contributed by atoms with van der Waals surface area (Å²) < 4.78 is 10.8. The Morgan fingerprint density at radius 2 is 1.86 bits per heavy atom. The molecule has 1 aliphatic heterocycles. The number of ether oxygens (including phenoxy) is 2. The van der Waals surface area contributed by atoms with E-state index in [0.29, 0.717) is 11.1 Å². The van der Waals surface area contributed by atoms with Gasteiger partial charge in [0, 0.05) is 18.2 Å². The predicted octanol–water partition coefficient (Wildman–Crippen LogP) is 5.09. The summed E-state index contributed by atoms with van der Waals surface area (Å²) in [5, 5.41) is 4.32. The smallest absolute Gasteiger partial charge is 0.231 e. The summed E-state index contributed by atoms with van der Waals surface area (Å²) in [6.07, 6.45) is 6.38. The number of hydrogen-bond acceptors (Lipinski definition) is 3. The van der Waals surface area contributed by atoms with Crippen LogP contribution in [-0.4, -0.2) is 12.8 Å². The molecular weight excluding hydrogens is 286 g/mol. The van der Waals surface area contributed by atoms with E-state index in [1.54, 1.807) is 0 Å². The van der Waals surface area contributed by atoms with Crippen LogP contribution in [0.25, 0.3) is 0 Å². The van der Waals surface area contributed by atoms with Crippen molar-refractivity contribution in [3.63, 3.8) is 0 Å². The third-order valence-electron chi connectivity index (χ3n) is 4.78. The van der Waals surface area contributed by atoms with Crippen LogP contribution in [0.5, 0.6) is 11.5 Å². The van der Waals surface area contributed by atoms with Crippen molar-refractivity contribution in [3.05, 3.63) is 17.2 Å². The molecule has 0 radical (unpaired) electrons. The van der Waals surface area contributed by atoms with E-state index in [4.69, 9.17) is 21.1 Å². The van der Waals surface area contributed by atoms with E-state index in [2.05, 4.69) is 19.2 Å². The van der Waals surface area contributed by atoms with Crippen molar-refractivity contribution in [1.29, 1.82) is 0 Å². The van der Waals surface area contributed by atoms with Crippen molar-refractivity contribution in [3.8, 4) is 11.5 Å². The number of fused-ring (bicyclic) bond motifs is 1. The first-order chi connectivity index (χ1) is 10.1. The lowest BCUT2D eigenvalue weighted by Gasteiger charge is -2.20. The lowest BCUT2D eigenvalue weighted by molar-refractivity contribution is 0.174. The normalized spacial score (nSPS) is 25.0. The van der Waals surface area contributed by atoms with Gasteiger partial charge in [-0.15, -0.1) is 0 Å². The Hall–Kier alpha value is -1.09. The second-order valence-electron chi connectivity index (χ2n) is 6.54. The molecular formula is C17H24ClNO2. The van der Waals surface area contributed by atoms with E-state index < -0.39 is 0 Å². The maximum atomic E-state index is 6.35. The summed E-state index contributed by atoms with van der Waals surface area (Å²) in [5.74, 6) is 3.18. The first-order valence-corrected chi connectivity index (χ1v) is 8.37. The fourth-order valence-electron chi connectivity index (χ4n) is 3.39. The minimum absolute atomic E-state index is 0.286. The number of halogens is 1. The molecule has 1 aromatic carbocycles. The number of nitrogens with one attached hydrogen (secondary N) is 1. The Labute approximate surface area is 132 Å². The molecule has 1 saturated carbocycles. The SMILES string of the molecule is CC(C)C1CCCC(Nc2cc3c(cc2Cl)OCO3)CC1. The first-order valence-electron chi connectivity index (χ1n) is 7.99. The standard InChI is InChI=1S/C17H24ClNO2/c1-11(2)12-4-3-5-13(7-6-12)19-15-9-17-16(8-14(15)18)20-10-21-17/h8-9,11-13,19H,3-7,10H2,1-2H3. The van der Waals surface area contributed by atoms with Crippen molar-refractivity contribution >= 4 is 17.3 Å². The minimum atomic E-state index is 0.286. The molecule has 4 heteroatoms. The predicted molar refractivity (Wildman–Crippen MR) is 86.4 cm³/mol. The van der Waals surface area contributed by atoms with Crippen molar-refractivity contribution < 1.29 is 9.47 Å². The van der Waals surface area contributed by atoms with E-state index in [1.165, 1.54) is 32.1 Å². The fourth-order valence-corrected chi connectivity index (χ4v) is 3.60. The molecule has 0 aromatic heterocycles. The molecule has 1 aliphatic carbocycles. The van der Waals surface area contributed by atoms with Gasteiger partial charge in [-0.2, -0.15) is 0 Å². The van der Waals surface area contributed by atoms with E-state index in [9.17, 15) is 0 Å². The highest BCUT2D eigenvalue weighted by molar-refractivity contribution is 6.33. The van der Waals surface area contributed by atoms with E-state index in [1.807, 2.05) is 12.1 Å². The highest BCUT2D eigenvalue weighted by Crippen LogP contribution is 2.40. The van der Waals surface area contributed by atoms with Crippen LogP contribution in [0.3, 0.4) is 0 Å². The molecule has 3 rings (SSSR count). The van der Waals surface area contributed by atoms with Crippen LogP contribution in [0, 0.1) is 11.8 Å². The minimum Gasteiger partial charge on any atom is -0.454 e. The van der Waals surface area contributed by atoms with Gasteiger partial charge in [-0.05, 0) is 31.1 Å². The molecule has 2 unspecified atom stereocenters. The van der Waals surface area contributed by atoms with Crippen LogP contribution < -0.4 is 14.8 Å². The molecule has 2 atom stereocenters. The molecule has 0 spiro atoms. The van der Waals surface area contributed by atoms with Crippen molar-refractivity contribution in [1.82, 2.24) is 0 Å². The average molecular weight is 310 g/mol. The molecule has 1 fully saturated rings. The number of rotatable bonds is 3. The largest absolute Gasteiger partial charge is 0.454 e. The van der Waals surface area contributed by atoms with E-state index in [0.717, 1.165) is 29.0 Å². The molecule has 0 bridgehead atoms. The molecule has 0 amide bonds. The van der Waals surface area contributed by atoms with Gasteiger partial charge in [0.1, 0.15) is 0 Å². The van der Waals surface area contributed by atoms with Gasteiger partial charge in [-0.25, -0.2) is 0 Å². The second kappa shape index (κ2) is 6.35. The molecule has 116 valence electrons. The molecule has 1 heterocycles. The maximum absolute atomic E-state index is 6.35. The van der Waals surface area contributed by atoms with Gasteiger partial charge in [-0.3, -0.25) is 0 Å². The summed E-state index contributed by atoms with van der Waals surface area (Å²) in [7, 11) is 0. The van der Waals surface area contributed by atoms with Crippen molar-refractivity contribution in [2.24, 2.45) is 11.8 Å². The molecule has 1 aromatic rings. The molecule has 1 N–H and O–H groups in total. The lowest BCUT2D eigenvalue weighted by Crippen LogP contribution is -2.19. The quantitative estimate of drug-likeness (QED) is 0.789. The topological polar surface area (TPSA) is 30.5 Å². The Balaban J connectivity index is 1.67. The van der Waals surface area contributed by atoms with E-state index >= 15 is 0 Å². The van der Waals surface area contributed by atoms with Gasteiger partial charge >= 0.3 is 0 Å². The Bertz CT molecular complexity index is 504. The van der Waals surface area contributed by atoms with Gasteiger partial charge in [-0.1, -0.05) is 38.3 Å². The summed E-state index contributed by atoms with van der Waals surface area (Å²) >= 11 is 6.35. The summed E-state index contributed by atoms with van der Waals surface area (Å²) in [6, 6.07) is 4.32. The Morgan fingerprint density at radius 1 is 1.10 bits per heavy atom. The molecule has 3 nitrogen and oxygen atoms in total. The average Bonchev–Trinajstić information content (AvgIpc) is 2.75. The maximum Gasteiger partial charge on any atom is 0.231 e. The fraction of sp³-hybridized carbons (Fsp3) is 0.647. The van der Waals surface area contributed by atoms with Crippen LogP contribution in [0.2, 0.25) is 5.02 Å². The van der Waals surface area contributed by atoms with Crippen LogP contribution in [-0.2, 0) is 0 Å². The molecule has 21 heavy (non-hydrogen) atoms. The van der Waals surface area contributed by atoms with Crippen LogP contribution in [0.4, 0.5) is 5.69 Å². The first kappa shape index (κ1) is 14.8. The van der Waals surface area contributed by atoms with Crippen LogP contribution >= 0.6 is 11.6 Å². The number of anilines is 1. The van der Waals surface area contributed by atoms with Gasteiger partial charge in [0.25, 0.3) is 0 Å². The van der Waals surface area contributed by atoms with Gasteiger partial charge in [0.05, 0.1) is 10.7 Å². The van der Waals surface area contributed by atoms with Gasteiger partial charge in [0.15, 0.2) is 11.5 Å². The van der Waals surface area contributed by atoms with Gasteiger partial charge in [0.2, 0.25) is 6.79 Å². The highest BCUT2D eigenvalue weighted by Gasteiger charge is 2.22. The van der Waals surface area contributed by atoms with Gasteiger partial charge < -0.3 is 14.8 Å². The number of hydrogen-bond donors (Lipinski definition) is 1. The molecule has 2 aliphatic rings. The van der Waals surface area contributed by atoms with Crippen molar-refractivity contribution in [2.75, 3.05) is 12.1 Å². The third kappa shape index (κ3) is 3.39. The second-order valence-corrected chi connectivity index (χ2v) is 6.95. The molecule has 0 saturated heterocycles. The summed E-state index contributed by atoms with van der Waals surface area (Å²) in [5.41, 5.74) is 0.967. The van der Waals surface area contributed by atoms with Crippen LogP contribution in [0.1, 0.15) is 46.0 Å². The summed E-state index contributed by atoms with van der Waals surface area (Å²) in [6.45, 7) is 4.97. The third-order valence-corrected chi connectivity index (χ3v) is 5.09. The zero-order valence-electron chi connectivity index (χ0n) is 12.8. The monoisotopic (exact) mass is 309 g/mol. The highest BCUT2D eigenvalue weighted by atomic mass is 35.5. The van der Waals surface area contributed by atoms with Crippen molar-refractivity contribution in [2.45, 2.75) is 52.0 Å². The Kier molecular flexibility index (Phi) is 4.48. The van der Waals surface area contributed by atoms with E-state index in [-0.39, 0.29) is 6.79 Å². The van der Waals surface area contributed by atoms with Crippen LogP contribution in [0.15, 0.2) is 12.1 Å².